The summed E-state index contributed by atoms with van der Waals surface area (Å²) in [4.78, 5) is 21.5. The van der Waals surface area contributed by atoms with E-state index in [1.54, 1.807) is 0 Å². The van der Waals surface area contributed by atoms with Crippen molar-refractivity contribution in [2.24, 2.45) is 17.3 Å². The number of urea groups is 1. The number of fused-ring (bicyclic) bond motifs is 1. The summed E-state index contributed by atoms with van der Waals surface area (Å²) in [6.45, 7) is 3.06. The Kier molecular flexibility index (Phi) is 5.16. The second-order valence-electron chi connectivity index (χ2n) is 12.1. The second kappa shape index (κ2) is 8.15. The number of hydrogen-bond donors (Lipinski definition) is 0. The minimum absolute atomic E-state index is 0.113. The van der Waals surface area contributed by atoms with E-state index >= 15 is 0 Å². The number of sulfone groups is 1. The molecule has 2 unspecified atom stereocenters. The number of carbonyl (C=O) groups excluding carboxylic acids is 1. The van der Waals surface area contributed by atoms with Gasteiger partial charge in [0.15, 0.2) is 15.7 Å². The Morgan fingerprint density at radius 2 is 1.81 bits per heavy atom. The van der Waals surface area contributed by atoms with Crippen molar-refractivity contribution in [1.29, 1.82) is 0 Å². The van der Waals surface area contributed by atoms with Gasteiger partial charge >= 0.3 is 6.03 Å². The number of likely N-dealkylation sites (tertiary alicyclic amines) is 2. The van der Waals surface area contributed by atoms with Gasteiger partial charge in [-0.15, -0.1) is 0 Å². The highest BCUT2D eigenvalue weighted by molar-refractivity contribution is 7.90. The van der Waals surface area contributed by atoms with E-state index in [0.717, 1.165) is 56.9 Å². The van der Waals surface area contributed by atoms with Gasteiger partial charge in [-0.05, 0) is 68.6 Å². The number of carbonyl (C=O) groups is 1. The van der Waals surface area contributed by atoms with Crippen LogP contribution in [0.25, 0.3) is 0 Å². The Morgan fingerprint density at radius 3 is 2.46 bits per heavy atom. The van der Waals surface area contributed by atoms with Crippen molar-refractivity contribution < 1.29 is 22.3 Å². The van der Waals surface area contributed by atoms with Crippen LogP contribution in [0.5, 0.6) is 5.75 Å². The summed E-state index contributed by atoms with van der Waals surface area (Å²) < 4.78 is 45.9. The Labute approximate surface area is 215 Å². The molecule has 3 aliphatic carbocycles. The van der Waals surface area contributed by atoms with Crippen molar-refractivity contribution in [1.82, 2.24) is 24.6 Å². The molecule has 2 atom stereocenters. The lowest BCUT2D eigenvalue weighted by Crippen LogP contribution is -2.65. The van der Waals surface area contributed by atoms with Gasteiger partial charge in [-0.2, -0.15) is 5.10 Å². The molecule has 2 aromatic rings. The lowest BCUT2D eigenvalue weighted by molar-refractivity contribution is -0.0735. The van der Waals surface area contributed by atoms with Gasteiger partial charge < -0.3 is 14.5 Å². The van der Waals surface area contributed by atoms with Crippen LogP contribution in [0.4, 0.5) is 9.18 Å². The van der Waals surface area contributed by atoms with E-state index in [-0.39, 0.29) is 28.2 Å². The quantitative estimate of drug-likeness (QED) is 0.590. The number of ether oxygens (including phenoxy) is 1. The number of rotatable bonds is 5. The third-order valence-corrected chi connectivity index (χ3v) is 10.2. The molecule has 11 heteroatoms. The van der Waals surface area contributed by atoms with Crippen LogP contribution in [0.15, 0.2) is 29.4 Å². The van der Waals surface area contributed by atoms with Crippen LogP contribution in [0, 0.1) is 23.1 Å². The van der Waals surface area contributed by atoms with E-state index in [4.69, 9.17) is 4.74 Å². The van der Waals surface area contributed by atoms with Crippen molar-refractivity contribution in [3.63, 3.8) is 0 Å². The molecule has 3 saturated carbocycles. The number of benzene rings is 1. The third kappa shape index (κ3) is 4.19. The zero-order valence-corrected chi connectivity index (χ0v) is 21.7. The summed E-state index contributed by atoms with van der Waals surface area (Å²) in [5.41, 5.74) is 0.243. The Hall–Kier alpha value is -2.69. The molecule has 1 spiro atoms. The molecule has 9 nitrogen and oxygen atoms in total. The standard InChI is InChI=1S/C26H32FN5O4S/c1-37(34,35)23-8-19(27)4-5-22(23)36-21-6-17-11-30(12-18(17)7-21)25(33)31-13-26(14-31)9-20(10-26)32-15-28-24(29-32)16-2-3-16/h4-5,8,15-18,20-21H,2-3,6-7,9-14H2,1H3. The van der Waals surface area contributed by atoms with Crippen LogP contribution >= 0.6 is 0 Å². The second-order valence-corrected chi connectivity index (χ2v) is 14.0. The zero-order chi connectivity index (χ0) is 25.5. The van der Waals surface area contributed by atoms with Gasteiger partial charge in [0.1, 0.15) is 22.8 Å². The molecule has 2 amide bonds. The molecule has 37 heavy (non-hydrogen) atoms. The van der Waals surface area contributed by atoms with Crippen LogP contribution in [0.2, 0.25) is 0 Å². The van der Waals surface area contributed by atoms with Crippen LogP contribution < -0.4 is 4.74 Å². The minimum Gasteiger partial charge on any atom is -0.489 e. The van der Waals surface area contributed by atoms with Crippen molar-refractivity contribution in [2.45, 2.75) is 61.5 Å². The highest BCUT2D eigenvalue weighted by atomic mass is 32.2. The minimum atomic E-state index is -3.60. The monoisotopic (exact) mass is 529 g/mol. The first-order valence-corrected chi connectivity index (χ1v) is 15.2. The molecule has 5 fully saturated rings. The molecule has 0 N–H and O–H groups in total. The molecule has 198 valence electrons. The summed E-state index contributed by atoms with van der Waals surface area (Å²) in [5, 5.41) is 4.68. The van der Waals surface area contributed by atoms with E-state index in [9.17, 15) is 17.6 Å². The van der Waals surface area contributed by atoms with Crippen LogP contribution in [0.3, 0.4) is 0 Å². The largest absolute Gasteiger partial charge is 0.489 e. The number of aromatic nitrogens is 3. The number of hydrogen-bond acceptors (Lipinski definition) is 6. The smallest absolute Gasteiger partial charge is 0.320 e. The van der Waals surface area contributed by atoms with Crippen LogP contribution in [-0.2, 0) is 9.84 Å². The summed E-state index contributed by atoms with van der Waals surface area (Å²) >= 11 is 0. The predicted molar refractivity (Wildman–Crippen MR) is 131 cm³/mol. The maximum atomic E-state index is 13.6. The fraction of sp³-hybridized carbons (Fsp3) is 0.654. The first kappa shape index (κ1) is 23.4. The molecule has 2 saturated heterocycles. The van der Waals surface area contributed by atoms with Crippen molar-refractivity contribution >= 4 is 15.9 Å². The molecular formula is C26H32FN5O4S. The zero-order valence-electron chi connectivity index (χ0n) is 20.9. The molecular weight excluding hydrogens is 497 g/mol. The van der Waals surface area contributed by atoms with Crippen molar-refractivity contribution in [2.75, 3.05) is 32.4 Å². The SMILES string of the molecule is CS(=O)(=O)c1cc(F)ccc1OC1CC2CN(C(=O)N3CC4(CC(n5cnc(C6CC6)n5)C4)C3)CC2C1. The molecule has 0 radical (unpaired) electrons. The average Bonchev–Trinajstić information content (AvgIpc) is 3.20. The Morgan fingerprint density at radius 1 is 1.11 bits per heavy atom. The maximum absolute atomic E-state index is 13.6. The Bertz CT molecular complexity index is 1330. The lowest BCUT2D eigenvalue weighted by Gasteiger charge is -2.59. The first-order valence-electron chi connectivity index (χ1n) is 13.3. The fourth-order valence-corrected chi connectivity index (χ4v) is 7.83. The van der Waals surface area contributed by atoms with E-state index in [0.29, 0.717) is 36.9 Å². The number of amides is 2. The van der Waals surface area contributed by atoms with Gasteiger partial charge in [-0.3, -0.25) is 0 Å². The molecule has 1 aromatic carbocycles. The van der Waals surface area contributed by atoms with Crippen molar-refractivity contribution in [3.8, 4) is 5.75 Å². The molecule has 3 heterocycles. The lowest BCUT2D eigenvalue weighted by atomic mass is 9.61. The normalized spacial score (nSPS) is 28.8. The van der Waals surface area contributed by atoms with E-state index in [2.05, 4.69) is 10.1 Å². The summed E-state index contributed by atoms with van der Waals surface area (Å²) in [5.74, 6) is 1.85. The fourth-order valence-electron chi connectivity index (χ4n) is 7.02. The van der Waals surface area contributed by atoms with Crippen LogP contribution in [-0.4, -0.2) is 77.6 Å². The third-order valence-electron chi connectivity index (χ3n) is 9.08. The Balaban J connectivity index is 0.899. The predicted octanol–water partition coefficient (Wildman–Crippen LogP) is 3.24. The first-order chi connectivity index (χ1) is 17.7. The van der Waals surface area contributed by atoms with Gasteiger partial charge in [0.25, 0.3) is 0 Å². The van der Waals surface area contributed by atoms with E-state index in [1.807, 2.05) is 20.8 Å². The highest BCUT2D eigenvalue weighted by Gasteiger charge is 2.56. The highest BCUT2D eigenvalue weighted by Crippen LogP contribution is 2.54. The van der Waals surface area contributed by atoms with Gasteiger partial charge in [0.2, 0.25) is 0 Å². The number of nitrogens with zero attached hydrogens (tertiary/aromatic N) is 5. The topological polar surface area (TPSA) is 97.6 Å². The molecule has 5 aliphatic rings. The molecule has 7 rings (SSSR count). The van der Waals surface area contributed by atoms with Gasteiger partial charge in [0, 0.05) is 43.8 Å². The molecule has 0 bridgehead atoms. The van der Waals surface area contributed by atoms with E-state index in [1.165, 1.54) is 25.0 Å². The van der Waals surface area contributed by atoms with Gasteiger partial charge in [-0.1, -0.05) is 0 Å². The van der Waals surface area contributed by atoms with Crippen LogP contribution in [0.1, 0.15) is 56.3 Å². The average molecular weight is 530 g/mol. The van der Waals surface area contributed by atoms with Gasteiger partial charge in [0.05, 0.1) is 12.1 Å². The molecule has 1 aromatic heterocycles. The summed E-state index contributed by atoms with van der Waals surface area (Å²) in [6, 6.07) is 4.18. The molecule has 2 aliphatic heterocycles. The van der Waals surface area contributed by atoms with Gasteiger partial charge in [-0.25, -0.2) is 27.3 Å². The van der Waals surface area contributed by atoms with E-state index < -0.39 is 15.7 Å². The van der Waals surface area contributed by atoms with Crippen molar-refractivity contribution in [3.05, 3.63) is 36.2 Å². The summed E-state index contributed by atoms with van der Waals surface area (Å²) in [6.07, 6.45) is 8.88. The summed E-state index contributed by atoms with van der Waals surface area (Å²) in [7, 11) is -3.60. The maximum Gasteiger partial charge on any atom is 0.320 e. The number of halogens is 1.